The Morgan fingerprint density at radius 1 is 1.00 bits per heavy atom. The van der Waals surface area contributed by atoms with Crippen LogP contribution in [-0.2, 0) is 14.3 Å². The van der Waals surface area contributed by atoms with E-state index < -0.39 is 24.4 Å². The second-order valence-corrected chi connectivity index (χ2v) is 8.43. The van der Waals surface area contributed by atoms with E-state index in [1.165, 1.54) is 0 Å². The summed E-state index contributed by atoms with van der Waals surface area (Å²) in [6.45, 7) is 3.61. The summed E-state index contributed by atoms with van der Waals surface area (Å²) in [6.07, 6.45) is 5.01. The number of carbonyl (C=O) groups excluding carboxylic acids is 3. The van der Waals surface area contributed by atoms with Gasteiger partial charge in [-0.25, -0.2) is 0 Å². The molecule has 0 heterocycles. The first-order valence-electron chi connectivity index (χ1n) is 11.4. The van der Waals surface area contributed by atoms with E-state index in [-0.39, 0.29) is 17.9 Å². The zero-order valence-corrected chi connectivity index (χ0v) is 18.8. The molecule has 0 aliphatic heterocycles. The lowest BCUT2D eigenvalue weighted by Crippen LogP contribution is -2.33. The van der Waals surface area contributed by atoms with E-state index in [0.29, 0.717) is 11.3 Å². The number of benzene rings is 2. The van der Waals surface area contributed by atoms with Crippen LogP contribution in [0.3, 0.4) is 0 Å². The van der Waals surface area contributed by atoms with Gasteiger partial charge in [0.1, 0.15) is 0 Å². The fourth-order valence-electron chi connectivity index (χ4n) is 4.13. The van der Waals surface area contributed by atoms with Crippen LogP contribution in [0, 0.1) is 5.92 Å². The molecule has 2 aromatic carbocycles. The summed E-state index contributed by atoms with van der Waals surface area (Å²) < 4.78 is 5.37. The lowest BCUT2D eigenvalue weighted by Gasteiger charge is -2.22. The molecule has 0 radical (unpaired) electrons. The van der Waals surface area contributed by atoms with Crippen molar-refractivity contribution in [1.29, 1.82) is 0 Å². The van der Waals surface area contributed by atoms with E-state index in [1.807, 2.05) is 44.2 Å². The average molecular weight is 437 g/mol. The van der Waals surface area contributed by atoms with Gasteiger partial charge in [0.15, 0.2) is 6.61 Å². The van der Waals surface area contributed by atoms with Gasteiger partial charge in [0, 0.05) is 6.04 Å². The van der Waals surface area contributed by atoms with Crippen LogP contribution in [-0.4, -0.2) is 30.4 Å². The van der Waals surface area contributed by atoms with Gasteiger partial charge in [0.2, 0.25) is 0 Å². The third kappa shape index (κ3) is 6.19. The molecule has 6 nitrogen and oxygen atoms in total. The molecule has 2 aromatic rings. The van der Waals surface area contributed by atoms with Crippen molar-refractivity contribution in [3.8, 4) is 0 Å². The number of carbonyl (C=O) groups is 3. The van der Waals surface area contributed by atoms with Crippen molar-refractivity contribution in [1.82, 2.24) is 5.32 Å². The van der Waals surface area contributed by atoms with Crippen LogP contribution in [0.5, 0.6) is 0 Å². The van der Waals surface area contributed by atoms with Crippen molar-refractivity contribution in [3.63, 3.8) is 0 Å². The Morgan fingerprint density at radius 2 is 1.66 bits per heavy atom. The minimum absolute atomic E-state index is 0.0768. The Balaban J connectivity index is 1.61. The average Bonchev–Trinajstić information content (AvgIpc) is 3.31. The molecule has 1 saturated carbocycles. The van der Waals surface area contributed by atoms with Crippen LogP contribution < -0.4 is 10.6 Å². The molecule has 1 aliphatic rings. The Hall–Kier alpha value is -3.15. The summed E-state index contributed by atoms with van der Waals surface area (Å²) in [5.41, 5.74) is 1.69. The molecule has 0 saturated heterocycles. The Kier molecular flexibility index (Phi) is 8.42. The number of hydrogen-bond donors (Lipinski definition) is 2. The van der Waals surface area contributed by atoms with Crippen LogP contribution in [0.4, 0.5) is 5.69 Å². The van der Waals surface area contributed by atoms with Gasteiger partial charge in [-0.3, -0.25) is 14.4 Å². The molecule has 3 rings (SSSR count). The van der Waals surface area contributed by atoms with Crippen molar-refractivity contribution in [2.45, 2.75) is 57.9 Å². The number of nitrogens with one attached hydrogen (secondary N) is 2. The maximum absolute atomic E-state index is 12.8. The topological polar surface area (TPSA) is 84.5 Å². The van der Waals surface area contributed by atoms with E-state index >= 15 is 0 Å². The lowest BCUT2D eigenvalue weighted by molar-refractivity contribution is -0.150. The highest BCUT2D eigenvalue weighted by molar-refractivity contribution is 6.04. The number of ether oxygens (including phenoxy) is 1. The third-order valence-corrected chi connectivity index (χ3v) is 6.11. The minimum atomic E-state index is -0.476. The number of hydrogen-bond acceptors (Lipinski definition) is 4. The fourth-order valence-corrected chi connectivity index (χ4v) is 4.13. The molecule has 0 unspecified atom stereocenters. The molecule has 1 aliphatic carbocycles. The molecule has 0 aromatic heterocycles. The first-order valence-corrected chi connectivity index (χ1v) is 11.4. The molecular formula is C26H32N2O4. The minimum Gasteiger partial charge on any atom is -0.455 e. The molecule has 32 heavy (non-hydrogen) atoms. The number of para-hydroxylation sites is 1. The summed E-state index contributed by atoms with van der Waals surface area (Å²) in [6, 6.07) is 16.5. The fraction of sp³-hybridized carbons (Fsp3) is 0.423. The zero-order chi connectivity index (χ0) is 22.9. The first-order chi connectivity index (χ1) is 15.5. The molecule has 1 fully saturated rings. The molecule has 2 atom stereocenters. The SMILES string of the molecule is CC[C@@H](C)[C@@H](C(=O)OCC(=O)Nc1ccccc1C(=O)NC1CCCC1)c1ccccc1. The summed E-state index contributed by atoms with van der Waals surface area (Å²) >= 11 is 0. The van der Waals surface area contributed by atoms with Gasteiger partial charge < -0.3 is 15.4 Å². The summed E-state index contributed by atoms with van der Waals surface area (Å²) in [5.74, 6) is -1.46. The second kappa shape index (κ2) is 11.5. The lowest BCUT2D eigenvalue weighted by atomic mass is 9.86. The van der Waals surface area contributed by atoms with E-state index in [2.05, 4.69) is 10.6 Å². The van der Waals surface area contributed by atoms with Crippen LogP contribution in [0.1, 0.15) is 67.8 Å². The maximum atomic E-state index is 12.8. The van der Waals surface area contributed by atoms with Crippen molar-refractivity contribution < 1.29 is 19.1 Å². The van der Waals surface area contributed by atoms with Crippen LogP contribution in [0.15, 0.2) is 54.6 Å². The number of rotatable bonds is 9. The van der Waals surface area contributed by atoms with Crippen molar-refractivity contribution in [2.24, 2.45) is 5.92 Å². The molecule has 2 amide bonds. The molecule has 6 heteroatoms. The Bertz CT molecular complexity index is 922. The van der Waals surface area contributed by atoms with Crippen LogP contribution in [0.25, 0.3) is 0 Å². The number of anilines is 1. The smallest absolute Gasteiger partial charge is 0.314 e. The quantitative estimate of drug-likeness (QED) is 0.560. The highest BCUT2D eigenvalue weighted by Gasteiger charge is 2.28. The van der Waals surface area contributed by atoms with Gasteiger partial charge >= 0.3 is 5.97 Å². The van der Waals surface area contributed by atoms with Gasteiger partial charge in [-0.15, -0.1) is 0 Å². The van der Waals surface area contributed by atoms with Crippen molar-refractivity contribution >= 4 is 23.5 Å². The zero-order valence-electron chi connectivity index (χ0n) is 18.8. The van der Waals surface area contributed by atoms with E-state index in [1.54, 1.807) is 24.3 Å². The van der Waals surface area contributed by atoms with E-state index in [4.69, 9.17) is 4.74 Å². The Labute approximate surface area is 189 Å². The predicted octanol–water partition coefficient (Wildman–Crippen LogP) is 4.67. The summed E-state index contributed by atoms with van der Waals surface area (Å²) in [7, 11) is 0. The van der Waals surface area contributed by atoms with E-state index in [0.717, 1.165) is 37.7 Å². The van der Waals surface area contributed by atoms with Crippen LogP contribution >= 0.6 is 0 Å². The number of amides is 2. The van der Waals surface area contributed by atoms with Gasteiger partial charge in [0.25, 0.3) is 11.8 Å². The second-order valence-electron chi connectivity index (χ2n) is 8.43. The molecule has 0 spiro atoms. The van der Waals surface area contributed by atoms with Gasteiger partial charge in [-0.1, -0.05) is 75.6 Å². The monoisotopic (exact) mass is 436 g/mol. The highest BCUT2D eigenvalue weighted by Crippen LogP contribution is 2.28. The van der Waals surface area contributed by atoms with Crippen molar-refractivity contribution in [2.75, 3.05) is 11.9 Å². The highest BCUT2D eigenvalue weighted by atomic mass is 16.5. The standard InChI is InChI=1S/C26H32N2O4/c1-3-18(2)24(19-11-5-4-6-12-19)26(31)32-17-23(29)28-22-16-10-9-15-21(22)25(30)27-20-13-7-8-14-20/h4-6,9-12,15-16,18,20,24H,3,7-8,13-14,17H2,1-2H3,(H,27,30)(H,28,29)/t18-,24-/m1/s1. The molecule has 0 bridgehead atoms. The third-order valence-electron chi connectivity index (χ3n) is 6.11. The normalized spacial score (nSPS) is 15.6. The summed E-state index contributed by atoms with van der Waals surface area (Å²) in [5, 5.41) is 5.75. The maximum Gasteiger partial charge on any atom is 0.314 e. The summed E-state index contributed by atoms with van der Waals surface area (Å²) in [4.78, 5) is 38.0. The molecule has 170 valence electrons. The van der Waals surface area contributed by atoms with Gasteiger partial charge in [-0.2, -0.15) is 0 Å². The van der Waals surface area contributed by atoms with Gasteiger partial charge in [0.05, 0.1) is 17.2 Å². The Morgan fingerprint density at radius 3 is 2.34 bits per heavy atom. The largest absolute Gasteiger partial charge is 0.455 e. The first kappa shape index (κ1) is 23.5. The molecular weight excluding hydrogens is 404 g/mol. The van der Waals surface area contributed by atoms with Gasteiger partial charge in [-0.05, 0) is 36.5 Å². The van der Waals surface area contributed by atoms with E-state index in [9.17, 15) is 14.4 Å². The predicted molar refractivity (Wildman–Crippen MR) is 124 cm³/mol. The number of esters is 1. The van der Waals surface area contributed by atoms with Crippen LogP contribution in [0.2, 0.25) is 0 Å². The molecule has 2 N–H and O–H groups in total. The van der Waals surface area contributed by atoms with Crippen molar-refractivity contribution in [3.05, 3.63) is 65.7 Å².